The summed E-state index contributed by atoms with van der Waals surface area (Å²) >= 11 is 6.12. The second kappa shape index (κ2) is 5.61. The molecule has 1 atom stereocenters. The standard InChI is InChI=1S/C13H20ClN3/c1-10(17-6-2-3-7-17)9-16-13-5-4-11(15)8-12(13)14/h4-5,8,10,16H,2-3,6-7,9,15H2,1H3. The maximum absolute atomic E-state index is 6.12. The van der Waals surface area contributed by atoms with Crippen molar-refractivity contribution in [1.82, 2.24) is 4.90 Å². The molecule has 3 N–H and O–H groups in total. The molecule has 0 bridgehead atoms. The zero-order valence-corrected chi connectivity index (χ0v) is 11.0. The Morgan fingerprint density at radius 3 is 2.76 bits per heavy atom. The summed E-state index contributed by atoms with van der Waals surface area (Å²) in [6.45, 7) is 5.61. The molecule has 1 aliphatic heterocycles. The third-order valence-corrected chi connectivity index (χ3v) is 3.66. The van der Waals surface area contributed by atoms with Crippen molar-refractivity contribution in [3.8, 4) is 0 Å². The molecular formula is C13H20ClN3. The summed E-state index contributed by atoms with van der Waals surface area (Å²) in [6.07, 6.45) is 2.65. The average Bonchev–Trinajstić information content (AvgIpc) is 2.81. The van der Waals surface area contributed by atoms with Crippen LogP contribution in [-0.4, -0.2) is 30.6 Å². The van der Waals surface area contributed by atoms with Crippen LogP contribution in [0.25, 0.3) is 0 Å². The number of rotatable bonds is 4. The van der Waals surface area contributed by atoms with E-state index in [9.17, 15) is 0 Å². The van der Waals surface area contributed by atoms with Gasteiger partial charge in [-0.15, -0.1) is 0 Å². The zero-order valence-electron chi connectivity index (χ0n) is 10.2. The molecular weight excluding hydrogens is 234 g/mol. The molecule has 1 heterocycles. The highest BCUT2D eigenvalue weighted by atomic mass is 35.5. The van der Waals surface area contributed by atoms with Crippen molar-refractivity contribution in [1.29, 1.82) is 0 Å². The van der Waals surface area contributed by atoms with Gasteiger partial charge in [0.15, 0.2) is 0 Å². The second-order valence-electron chi connectivity index (χ2n) is 4.71. The summed E-state index contributed by atoms with van der Waals surface area (Å²) in [6, 6.07) is 6.14. The van der Waals surface area contributed by atoms with Crippen molar-refractivity contribution in [2.45, 2.75) is 25.8 Å². The number of halogens is 1. The number of nitrogens with one attached hydrogen (secondary N) is 1. The van der Waals surface area contributed by atoms with Crippen molar-refractivity contribution >= 4 is 23.0 Å². The first-order chi connectivity index (χ1) is 8.16. The summed E-state index contributed by atoms with van der Waals surface area (Å²) in [4.78, 5) is 2.51. The molecule has 0 amide bonds. The summed E-state index contributed by atoms with van der Waals surface area (Å²) in [5.74, 6) is 0. The topological polar surface area (TPSA) is 41.3 Å². The number of nitrogen functional groups attached to an aromatic ring is 1. The van der Waals surface area contributed by atoms with Crippen molar-refractivity contribution < 1.29 is 0 Å². The molecule has 0 spiro atoms. The molecule has 0 saturated carbocycles. The van der Waals surface area contributed by atoms with Gasteiger partial charge in [-0.2, -0.15) is 0 Å². The molecule has 0 aromatic heterocycles. The van der Waals surface area contributed by atoms with E-state index in [1.54, 1.807) is 6.07 Å². The maximum Gasteiger partial charge on any atom is 0.0657 e. The van der Waals surface area contributed by atoms with E-state index in [-0.39, 0.29) is 0 Å². The minimum atomic E-state index is 0.547. The molecule has 0 aliphatic carbocycles. The lowest BCUT2D eigenvalue weighted by Crippen LogP contribution is -2.35. The number of likely N-dealkylation sites (tertiary alicyclic amines) is 1. The Bertz CT molecular complexity index is 375. The van der Waals surface area contributed by atoms with E-state index in [1.165, 1.54) is 25.9 Å². The average molecular weight is 254 g/mol. The Kier molecular flexibility index (Phi) is 4.13. The van der Waals surface area contributed by atoms with Crippen LogP contribution in [0.4, 0.5) is 11.4 Å². The van der Waals surface area contributed by atoms with E-state index >= 15 is 0 Å². The van der Waals surface area contributed by atoms with Crippen LogP contribution in [-0.2, 0) is 0 Å². The predicted molar refractivity (Wildman–Crippen MR) is 74.6 cm³/mol. The molecule has 1 fully saturated rings. The van der Waals surface area contributed by atoms with Gasteiger partial charge in [0.2, 0.25) is 0 Å². The molecule has 1 aliphatic rings. The number of nitrogens with two attached hydrogens (primary N) is 1. The van der Waals surface area contributed by atoms with E-state index < -0.39 is 0 Å². The first-order valence-corrected chi connectivity index (χ1v) is 6.57. The molecule has 3 nitrogen and oxygen atoms in total. The third kappa shape index (κ3) is 3.27. The van der Waals surface area contributed by atoms with Crippen LogP contribution in [0.15, 0.2) is 18.2 Å². The Morgan fingerprint density at radius 1 is 1.41 bits per heavy atom. The van der Waals surface area contributed by atoms with Gasteiger partial charge in [-0.1, -0.05) is 11.6 Å². The fourth-order valence-corrected chi connectivity index (χ4v) is 2.50. The molecule has 1 unspecified atom stereocenters. The van der Waals surface area contributed by atoms with Gasteiger partial charge in [0.1, 0.15) is 0 Å². The predicted octanol–water partition coefficient (Wildman–Crippen LogP) is 2.82. The quantitative estimate of drug-likeness (QED) is 0.811. The van der Waals surface area contributed by atoms with Gasteiger partial charge in [0.25, 0.3) is 0 Å². The number of hydrogen-bond acceptors (Lipinski definition) is 3. The lowest BCUT2D eigenvalue weighted by atomic mass is 10.2. The largest absolute Gasteiger partial charge is 0.399 e. The highest BCUT2D eigenvalue weighted by Crippen LogP contribution is 2.24. The molecule has 1 aromatic carbocycles. The first kappa shape index (κ1) is 12.5. The van der Waals surface area contributed by atoms with Crippen LogP contribution in [0.2, 0.25) is 5.02 Å². The van der Waals surface area contributed by atoms with Gasteiger partial charge in [-0.3, -0.25) is 4.90 Å². The Hall–Kier alpha value is -0.930. The van der Waals surface area contributed by atoms with Gasteiger partial charge in [-0.05, 0) is 51.1 Å². The number of nitrogens with zero attached hydrogens (tertiary/aromatic N) is 1. The van der Waals surface area contributed by atoms with Gasteiger partial charge < -0.3 is 11.1 Å². The Morgan fingerprint density at radius 2 is 2.12 bits per heavy atom. The fourth-order valence-electron chi connectivity index (χ4n) is 2.24. The molecule has 1 aromatic rings. The van der Waals surface area contributed by atoms with Gasteiger partial charge in [0, 0.05) is 18.3 Å². The highest BCUT2D eigenvalue weighted by molar-refractivity contribution is 6.33. The van der Waals surface area contributed by atoms with E-state index in [4.69, 9.17) is 17.3 Å². The van der Waals surface area contributed by atoms with E-state index in [0.29, 0.717) is 16.8 Å². The van der Waals surface area contributed by atoms with Crippen LogP contribution in [0, 0.1) is 0 Å². The SMILES string of the molecule is CC(CNc1ccc(N)cc1Cl)N1CCCC1. The van der Waals surface area contributed by atoms with E-state index in [1.807, 2.05) is 12.1 Å². The molecule has 17 heavy (non-hydrogen) atoms. The molecule has 94 valence electrons. The highest BCUT2D eigenvalue weighted by Gasteiger charge is 2.17. The van der Waals surface area contributed by atoms with Crippen LogP contribution in [0.5, 0.6) is 0 Å². The molecule has 1 saturated heterocycles. The summed E-state index contributed by atoms with van der Waals surface area (Å²) in [7, 11) is 0. The Balaban J connectivity index is 1.88. The van der Waals surface area contributed by atoms with E-state index in [0.717, 1.165) is 12.2 Å². The second-order valence-corrected chi connectivity index (χ2v) is 5.12. The minimum Gasteiger partial charge on any atom is -0.399 e. The first-order valence-electron chi connectivity index (χ1n) is 6.20. The number of hydrogen-bond donors (Lipinski definition) is 2. The van der Waals surface area contributed by atoms with Crippen LogP contribution in [0.3, 0.4) is 0 Å². The smallest absolute Gasteiger partial charge is 0.0657 e. The molecule has 2 rings (SSSR count). The summed E-state index contributed by atoms with van der Waals surface area (Å²) in [5, 5.41) is 4.08. The zero-order chi connectivity index (χ0) is 12.3. The summed E-state index contributed by atoms with van der Waals surface area (Å²) < 4.78 is 0. The van der Waals surface area contributed by atoms with Crippen molar-refractivity contribution in [2.75, 3.05) is 30.7 Å². The minimum absolute atomic E-state index is 0.547. The van der Waals surface area contributed by atoms with Crippen LogP contribution >= 0.6 is 11.6 Å². The van der Waals surface area contributed by atoms with Gasteiger partial charge in [0.05, 0.1) is 10.7 Å². The van der Waals surface area contributed by atoms with Crippen LogP contribution in [0.1, 0.15) is 19.8 Å². The molecule has 4 heteroatoms. The van der Waals surface area contributed by atoms with Gasteiger partial charge >= 0.3 is 0 Å². The van der Waals surface area contributed by atoms with E-state index in [2.05, 4.69) is 17.1 Å². The molecule has 0 radical (unpaired) electrons. The van der Waals surface area contributed by atoms with Gasteiger partial charge in [-0.25, -0.2) is 0 Å². The number of benzene rings is 1. The summed E-state index contributed by atoms with van der Waals surface area (Å²) in [5.41, 5.74) is 7.33. The fraction of sp³-hybridized carbons (Fsp3) is 0.538. The lowest BCUT2D eigenvalue weighted by Gasteiger charge is -2.24. The Labute approximate surface area is 108 Å². The maximum atomic E-state index is 6.12. The van der Waals surface area contributed by atoms with Crippen molar-refractivity contribution in [3.05, 3.63) is 23.2 Å². The van der Waals surface area contributed by atoms with Crippen molar-refractivity contribution in [2.24, 2.45) is 0 Å². The third-order valence-electron chi connectivity index (χ3n) is 3.35. The van der Waals surface area contributed by atoms with Crippen LogP contribution < -0.4 is 11.1 Å². The normalized spacial score (nSPS) is 18.2. The van der Waals surface area contributed by atoms with Crippen molar-refractivity contribution in [3.63, 3.8) is 0 Å². The monoisotopic (exact) mass is 253 g/mol. The lowest BCUT2D eigenvalue weighted by molar-refractivity contribution is 0.269. The number of anilines is 2.